The Balaban J connectivity index is 2.02. The molecule has 0 aliphatic heterocycles. The summed E-state index contributed by atoms with van der Waals surface area (Å²) in [5.74, 6) is -0.362. The van der Waals surface area contributed by atoms with Crippen molar-refractivity contribution in [1.29, 1.82) is 0 Å². The monoisotopic (exact) mass is 297 g/mol. The fraction of sp³-hybridized carbons (Fsp3) is 0.235. The second-order valence-electron chi connectivity index (χ2n) is 4.88. The first-order valence-electron chi connectivity index (χ1n) is 7.30. The van der Waals surface area contributed by atoms with E-state index < -0.39 is 0 Å². The highest BCUT2D eigenvalue weighted by molar-refractivity contribution is 6.05. The van der Waals surface area contributed by atoms with Crippen LogP contribution in [0.5, 0.6) is 0 Å². The summed E-state index contributed by atoms with van der Waals surface area (Å²) in [5, 5.41) is 5.63. The van der Waals surface area contributed by atoms with Crippen molar-refractivity contribution in [3.8, 4) is 0 Å². The van der Waals surface area contributed by atoms with Crippen molar-refractivity contribution < 1.29 is 9.59 Å². The van der Waals surface area contributed by atoms with Crippen LogP contribution >= 0.6 is 0 Å². The van der Waals surface area contributed by atoms with Crippen molar-refractivity contribution in [3.05, 3.63) is 59.9 Å². The van der Waals surface area contributed by atoms with E-state index in [1.165, 1.54) is 0 Å². The minimum absolute atomic E-state index is 0.131. The molecule has 0 bridgehead atoms. The highest BCUT2D eigenvalue weighted by Crippen LogP contribution is 2.12. The number of anilines is 1. The van der Waals surface area contributed by atoms with Gasteiger partial charge in [-0.3, -0.25) is 14.6 Å². The van der Waals surface area contributed by atoms with Crippen LogP contribution in [0.4, 0.5) is 5.69 Å². The maximum Gasteiger partial charge on any atom is 0.255 e. The van der Waals surface area contributed by atoms with Gasteiger partial charge in [-0.15, -0.1) is 0 Å². The van der Waals surface area contributed by atoms with Gasteiger partial charge in [0.1, 0.15) is 0 Å². The Kier molecular flexibility index (Phi) is 5.65. The number of nitrogens with zero attached hydrogens (tertiary/aromatic N) is 1. The third-order valence-electron chi connectivity index (χ3n) is 3.14. The molecule has 1 aromatic heterocycles. The molecule has 5 nitrogen and oxygen atoms in total. The van der Waals surface area contributed by atoms with Crippen LogP contribution in [0.2, 0.25) is 0 Å². The molecule has 1 heterocycles. The van der Waals surface area contributed by atoms with Gasteiger partial charge in [-0.05, 0) is 36.8 Å². The second-order valence-corrected chi connectivity index (χ2v) is 4.88. The fourth-order valence-corrected chi connectivity index (χ4v) is 1.93. The maximum absolute atomic E-state index is 12.1. The Morgan fingerprint density at radius 1 is 1.05 bits per heavy atom. The van der Waals surface area contributed by atoms with Crippen molar-refractivity contribution in [3.63, 3.8) is 0 Å². The number of nitrogens with one attached hydrogen (secondary N) is 2. The number of benzene rings is 1. The number of amides is 2. The summed E-state index contributed by atoms with van der Waals surface area (Å²) < 4.78 is 0. The maximum atomic E-state index is 12.1. The van der Waals surface area contributed by atoms with Gasteiger partial charge in [0.25, 0.3) is 11.8 Å². The van der Waals surface area contributed by atoms with E-state index in [0.717, 1.165) is 12.8 Å². The Morgan fingerprint density at radius 2 is 1.82 bits per heavy atom. The average Bonchev–Trinajstić information content (AvgIpc) is 2.56. The average molecular weight is 297 g/mol. The van der Waals surface area contributed by atoms with Gasteiger partial charge < -0.3 is 10.6 Å². The molecule has 0 aliphatic carbocycles. The lowest BCUT2D eigenvalue weighted by Crippen LogP contribution is -2.24. The minimum atomic E-state index is -0.231. The Hall–Kier alpha value is -2.69. The van der Waals surface area contributed by atoms with Gasteiger partial charge in [0, 0.05) is 35.8 Å². The molecule has 0 atom stereocenters. The van der Waals surface area contributed by atoms with Crippen LogP contribution in [0, 0.1) is 0 Å². The lowest BCUT2D eigenvalue weighted by Gasteiger charge is -2.08. The second kappa shape index (κ2) is 7.93. The predicted octanol–water partition coefficient (Wildman–Crippen LogP) is 2.86. The summed E-state index contributed by atoms with van der Waals surface area (Å²) in [5.41, 5.74) is 1.64. The third kappa shape index (κ3) is 4.41. The number of hydrogen-bond donors (Lipinski definition) is 2. The van der Waals surface area contributed by atoms with E-state index in [1.54, 1.807) is 48.8 Å². The van der Waals surface area contributed by atoms with E-state index in [-0.39, 0.29) is 11.8 Å². The van der Waals surface area contributed by atoms with E-state index in [0.29, 0.717) is 23.4 Å². The molecule has 2 N–H and O–H groups in total. The summed E-state index contributed by atoms with van der Waals surface area (Å²) in [6.45, 7) is 2.73. The first-order valence-corrected chi connectivity index (χ1v) is 7.30. The van der Waals surface area contributed by atoms with Crippen molar-refractivity contribution in [2.75, 3.05) is 11.9 Å². The van der Waals surface area contributed by atoms with Crippen molar-refractivity contribution in [2.45, 2.75) is 19.8 Å². The quantitative estimate of drug-likeness (QED) is 0.805. The minimum Gasteiger partial charge on any atom is -0.352 e. The number of rotatable bonds is 6. The summed E-state index contributed by atoms with van der Waals surface area (Å²) in [4.78, 5) is 27.9. The molecule has 1 aromatic carbocycles. The smallest absolute Gasteiger partial charge is 0.255 e. The van der Waals surface area contributed by atoms with Gasteiger partial charge in [0.2, 0.25) is 0 Å². The Labute approximate surface area is 129 Å². The zero-order valence-corrected chi connectivity index (χ0v) is 12.5. The zero-order valence-electron chi connectivity index (χ0n) is 12.5. The number of aromatic nitrogens is 1. The van der Waals surface area contributed by atoms with E-state index in [9.17, 15) is 9.59 Å². The first kappa shape index (κ1) is 15.7. The van der Waals surface area contributed by atoms with E-state index in [2.05, 4.69) is 22.5 Å². The predicted molar refractivity (Wildman–Crippen MR) is 85.9 cm³/mol. The fourth-order valence-electron chi connectivity index (χ4n) is 1.93. The van der Waals surface area contributed by atoms with Crippen molar-refractivity contribution >= 4 is 17.5 Å². The lowest BCUT2D eigenvalue weighted by molar-refractivity contribution is 0.0951. The lowest BCUT2D eigenvalue weighted by atomic mass is 10.1. The number of carbonyl (C=O) groups excluding carboxylic acids is 2. The van der Waals surface area contributed by atoms with E-state index in [1.807, 2.05) is 0 Å². The molecule has 0 aliphatic rings. The van der Waals surface area contributed by atoms with Crippen molar-refractivity contribution in [1.82, 2.24) is 10.3 Å². The molecule has 114 valence electrons. The molecule has 0 saturated carbocycles. The summed E-state index contributed by atoms with van der Waals surface area (Å²) in [6.07, 6.45) is 5.10. The van der Waals surface area contributed by atoms with Gasteiger partial charge >= 0.3 is 0 Å². The van der Waals surface area contributed by atoms with Gasteiger partial charge in [-0.25, -0.2) is 0 Å². The van der Waals surface area contributed by atoms with Crippen LogP contribution in [0.25, 0.3) is 0 Å². The van der Waals surface area contributed by atoms with Gasteiger partial charge in [0.15, 0.2) is 0 Å². The van der Waals surface area contributed by atoms with Crippen LogP contribution in [0.15, 0.2) is 48.8 Å². The third-order valence-corrected chi connectivity index (χ3v) is 3.14. The number of unbranched alkanes of at least 4 members (excludes halogenated alkanes) is 1. The molecule has 0 radical (unpaired) electrons. The molecular weight excluding hydrogens is 278 g/mol. The number of carbonyl (C=O) groups is 2. The molecule has 2 aromatic rings. The van der Waals surface area contributed by atoms with Crippen LogP contribution < -0.4 is 10.6 Å². The molecule has 0 saturated heterocycles. The van der Waals surface area contributed by atoms with Crippen molar-refractivity contribution in [2.24, 2.45) is 0 Å². The largest absolute Gasteiger partial charge is 0.352 e. The molecule has 22 heavy (non-hydrogen) atoms. The van der Waals surface area contributed by atoms with E-state index in [4.69, 9.17) is 0 Å². The van der Waals surface area contributed by atoms with Crippen LogP contribution in [0.1, 0.15) is 40.5 Å². The highest BCUT2D eigenvalue weighted by atomic mass is 16.2. The van der Waals surface area contributed by atoms with Gasteiger partial charge in [-0.1, -0.05) is 19.4 Å². The molecule has 0 fully saturated rings. The van der Waals surface area contributed by atoms with Crippen LogP contribution in [0.3, 0.4) is 0 Å². The number of hydrogen-bond acceptors (Lipinski definition) is 3. The summed E-state index contributed by atoms with van der Waals surface area (Å²) in [7, 11) is 0. The van der Waals surface area contributed by atoms with E-state index >= 15 is 0 Å². The molecule has 0 spiro atoms. The standard InChI is InChI=1S/C17H19N3O2/c1-2-3-9-19-16(21)14-5-4-6-15(12-14)20-17(22)13-7-10-18-11-8-13/h4-8,10-12H,2-3,9H2,1H3,(H,19,21)(H,20,22). The van der Waals surface area contributed by atoms with Gasteiger partial charge in [0.05, 0.1) is 0 Å². The summed E-state index contributed by atoms with van der Waals surface area (Å²) >= 11 is 0. The highest BCUT2D eigenvalue weighted by Gasteiger charge is 2.08. The Morgan fingerprint density at radius 3 is 2.55 bits per heavy atom. The van der Waals surface area contributed by atoms with Crippen LogP contribution in [-0.4, -0.2) is 23.3 Å². The molecule has 2 amide bonds. The molecule has 0 unspecified atom stereocenters. The molecule has 2 rings (SSSR count). The molecule has 5 heteroatoms. The first-order chi connectivity index (χ1) is 10.7. The normalized spacial score (nSPS) is 10.0. The SMILES string of the molecule is CCCCNC(=O)c1cccc(NC(=O)c2ccncc2)c1. The number of pyridine rings is 1. The zero-order chi connectivity index (χ0) is 15.8. The summed E-state index contributed by atoms with van der Waals surface area (Å²) in [6, 6.07) is 10.2. The Bertz CT molecular complexity index is 641. The topological polar surface area (TPSA) is 71.1 Å². The molecular formula is C17H19N3O2. The van der Waals surface area contributed by atoms with Gasteiger partial charge in [-0.2, -0.15) is 0 Å². The van der Waals surface area contributed by atoms with Crippen LogP contribution in [-0.2, 0) is 0 Å².